The number of carbonyl (C=O) groups excluding carboxylic acids is 1. The van der Waals surface area contributed by atoms with Crippen LogP contribution in [0.2, 0.25) is 0 Å². The Labute approximate surface area is 113 Å². The molecule has 2 unspecified atom stereocenters. The van der Waals surface area contributed by atoms with Crippen molar-refractivity contribution in [3.63, 3.8) is 0 Å². The van der Waals surface area contributed by atoms with E-state index in [1.165, 1.54) is 6.07 Å². The van der Waals surface area contributed by atoms with Crippen molar-refractivity contribution in [2.45, 2.75) is 34.1 Å². The molecule has 1 aromatic heterocycles. The molecule has 0 N–H and O–H groups in total. The van der Waals surface area contributed by atoms with Gasteiger partial charge in [-0.1, -0.05) is 13.8 Å². The predicted molar refractivity (Wildman–Crippen MR) is 73.3 cm³/mol. The maximum atomic E-state index is 12.6. The van der Waals surface area contributed by atoms with E-state index >= 15 is 0 Å². The minimum absolute atomic E-state index is 0.0165. The van der Waals surface area contributed by atoms with Crippen molar-refractivity contribution in [3.05, 3.63) is 33.4 Å². The van der Waals surface area contributed by atoms with Gasteiger partial charge in [-0.2, -0.15) is 0 Å². The maximum Gasteiger partial charge on any atom is 0.336 e. The van der Waals surface area contributed by atoms with Gasteiger partial charge in [-0.25, -0.2) is 4.79 Å². The Bertz CT molecular complexity index is 511. The van der Waals surface area contributed by atoms with E-state index in [1.807, 2.05) is 4.90 Å². The first-order valence-electron chi connectivity index (χ1n) is 6.79. The first kappa shape index (κ1) is 13.8. The molecule has 2 heterocycles. The first-order valence-corrected chi connectivity index (χ1v) is 6.79. The number of piperidine rings is 1. The van der Waals surface area contributed by atoms with E-state index in [2.05, 4.69) is 13.8 Å². The molecule has 2 atom stereocenters. The molecular formula is C15H21NO3. The van der Waals surface area contributed by atoms with Gasteiger partial charge in [0.1, 0.15) is 5.76 Å². The fourth-order valence-corrected chi connectivity index (χ4v) is 3.06. The monoisotopic (exact) mass is 263 g/mol. The Morgan fingerprint density at radius 1 is 1.26 bits per heavy atom. The number of aryl methyl sites for hydroxylation is 2. The average molecular weight is 263 g/mol. The summed E-state index contributed by atoms with van der Waals surface area (Å²) in [5.74, 6) is 1.44. The lowest BCUT2D eigenvalue weighted by Crippen LogP contribution is -2.43. The summed E-state index contributed by atoms with van der Waals surface area (Å²) in [4.78, 5) is 25.8. The third-order valence-electron chi connectivity index (χ3n) is 3.70. The van der Waals surface area contributed by atoms with Gasteiger partial charge in [0.2, 0.25) is 0 Å². The lowest BCUT2D eigenvalue weighted by Gasteiger charge is -2.35. The summed E-state index contributed by atoms with van der Waals surface area (Å²) in [6.45, 7) is 9.36. The van der Waals surface area contributed by atoms with Crippen LogP contribution in [0.5, 0.6) is 0 Å². The van der Waals surface area contributed by atoms with Gasteiger partial charge in [0, 0.05) is 19.2 Å². The van der Waals surface area contributed by atoms with E-state index in [4.69, 9.17) is 4.42 Å². The molecule has 1 aliphatic rings. The standard InChI is InChI=1S/C15H21NO3/c1-9-5-10(2)8-16(7-9)15(18)14-11(3)6-13(17)19-12(14)4/h6,9-10H,5,7-8H2,1-4H3. The van der Waals surface area contributed by atoms with Crippen LogP contribution in [0.15, 0.2) is 15.3 Å². The highest BCUT2D eigenvalue weighted by Crippen LogP contribution is 2.24. The van der Waals surface area contributed by atoms with Crippen LogP contribution in [0, 0.1) is 25.7 Å². The van der Waals surface area contributed by atoms with Crippen molar-refractivity contribution in [2.75, 3.05) is 13.1 Å². The topological polar surface area (TPSA) is 50.5 Å². The van der Waals surface area contributed by atoms with Gasteiger partial charge >= 0.3 is 5.63 Å². The van der Waals surface area contributed by atoms with E-state index in [-0.39, 0.29) is 5.91 Å². The predicted octanol–water partition coefficient (Wildman–Crippen LogP) is 2.37. The maximum absolute atomic E-state index is 12.6. The zero-order valence-corrected chi connectivity index (χ0v) is 12.0. The normalized spacial score (nSPS) is 23.5. The Balaban J connectivity index is 2.32. The summed E-state index contributed by atoms with van der Waals surface area (Å²) >= 11 is 0. The van der Waals surface area contributed by atoms with E-state index in [9.17, 15) is 9.59 Å². The van der Waals surface area contributed by atoms with Crippen LogP contribution in [0.25, 0.3) is 0 Å². The zero-order chi connectivity index (χ0) is 14.2. The summed E-state index contributed by atoms with van der Waals surface area (Å²) in [5.41, 5.74) is 0.845. The minimum atomic E-state index is -0.396. The molecule has 104 valence electrons. The van der Waals surface area contributed by atoms with Crippen LogP contribution in [0.1, 0.15) is 41.9 Å². The second-order valence-corrected chi connectivity index (χ2v) is 5.84. The lowest BCUT2D eigenvalue weighted by molar-refractivity contribution is 0.0618. The molecule has 4 heteroatoms. The van der Waals surface area contributed by atoms with Crippen LogP contribution >= 0.6 is 0 Å². The Morgan fingerprint density at radius 3 is 2.37 bits per heavy atom. The third-order valence-corrected chi connectivity index (χ3v) is 3.70. The van der Waals surface area contributed by atoms with Gasteiger partial charge in [-0.15, -0.1) is 0 Å². The van der Waals surface area contributed by atoms with Gasteiger partial charge in [0.15, 0.2) is 0 Å². The third kappa shape index (κ3) is 2.88. The van der Waals surface area contributed by atoms with Gasteiger partial charge < -0.3 is 9.32 Å². The molecule has 1 aromatic rings. The Morgan fingerprint density at radius 2 is 1.84 bits per heavy atom. The second kappa shape index (κ2) is 5.19. The van der Waals surface area contributed by atoms with Crippen molar-refractivity contribution >= 4 is 5.91 Å². The van der Waals surface area contributed by atoms with Crippen molar-refractivity contribution < 1.29 is 9.21 Å². The molecule has 1 fully saturated rings. The molecule has 1 saturated heterocycles. The van der Waals surface area contributed by atoms with E-state index in [0.717, 1.165) is 19.5 Å². The zero-order valence-electron chi connectivity index (χ0n) is 12.0. The fourth-order valence-electron chi connectivity index (χ4n) is 3.06. The number of likely N-dealkylation sites (tertiary alicyclic amines) is 1. The molecular weight excluding hydrogens is 242 g/mol. The van der Waals surface area contributed by atoms with Crippen molar-refractivity contribution in [3.8, 4) is 0 Å². The smallest absolute Gasteiger partial charge is 0.336 e. The highest BCUT2D eigenvalue weighted by atomic mass is 16.4. The van der Waals surface area contributed by atoms with Gasteiger partial charge in [-0.05, 0) is 37.7 Å². The van der Waals surface area contributed by atoms with E-state index in [1.54, 1.807) is 13.8 Å². The molecule has 0 spiro atoms. The summed E-state index contributed by atoms with van der Waals surface area (Å²) in [7, 11) is 0. The summed E-state index contributed by atoms with van der Waals surface area (Å²) < 4.78 is 5.05. The number of amides is 1. The van der Waals surface area contributed by atoms with Crippen molar-refractivity contribution in [1.82, 2.24) is 4.90 Å². The second-order valence-electron chi connectivity index (χ2n) is 5.84. The highest BCUT2D eigenvalue weighted by molar-refractivity contribution is 5.96. The molecule has 0 aliphatic carbocycles. The van der Waals surface area contributed by atoms with E-state index < -0.39 is 5.63 Å². The van der Waals surface area contributed by atoms with Gasteiger partial charge in [0.05, 0.1) is 5.56 Å². The van der Waals surface area contributed by atoms with Crippen LogP contribution in [0.4, 0.5) is 0 Å². The highest BCUT2D eigenvalue weighted by Gasteiger charge is 2.28. The average Bonchev–Trinajstić information content (AvgIpc) is 2.25. The largest absolute Gasteiger partial charge is 0.427 e. The van der Waals surface area contributed by atoms with E-state index in [0.29, 0.717) is 28.7 Å². The summed E-state index contributed by atoms with van der Waals surface area (Å²) in [6, 6.07) is 1.39. The molecule has 0 bridgehead atoms. The summed E-state index contributed by atoms with van der Waals surface area (Å²) in [5, 5.41) is 0. The number of rotatable bonds is 1. The van der Waals surface area contributed by atoms with Gasteiger partial charge in [-0.3, -0.25) is 4.79 Å². The van der Waals surface area contributed by atoms with Gasteiger partial charge in [0.25, 0.3) is 5.91 Å². The minimum Gasteiger partial charge on any atom is -0.427 e. The molecule has 19 heavy (non-hydrogen) atoms. The van der Waals surface area contributed by atoms with Crippen molar-refractivity contribution in [2.24, 2.45) is 11.8 Å². The summed E-state index contributed by atoms with van der Waals surface area (Å²) in [6.07, 6.45) is 1.16. The van der Waals surface area contributed by atoms with Crippen LogP contribution in [0.3, 0.4) is 0 Å². The lowest BCUT2D eigenvalue weighted by atomic mass is 9.91. The first-order chi connectivity index (χ1) is 8.88. The number of hydrogen-bond donors (Lipinski definition) is 0. The molecule has 2 rings (SSSR count). The molecule has 4 nitrogen and oxygen atoms in total. The molecule has 0 saturated carbocycles. The molecule has 0 radical (unpaired) electrons. The number of carbonyl (C=O) groups is 1. The quantitative estimate of drug-likeness (QED) is 0.781. The number of nitrogens with zero attached hydrogens (tertiary/aromatic N) is 1. The molecule has 1 amide bonds. The van der Waals surface area contributed by atoms with Crippen molar-refractivity contribution in [1.29, 1.82) is 0 Å². The van der Waals surface area contributed by atoms with Crippen LogP contribution in [-0.4, -0.2) is 23.9 Å². The number of hydrogen-bond acceptors (Lipinski definition) is 3. The Hall–Kier alpha value is -1.58. The fraction of sp³-hybridized carbons (Fsp3) is 0.600. The molecule has 0 aromatic carbocycles. The Kier molecular flexibility index (Phi) is 3.78. The SMILES string of the molecule is Cc1cc(=O)oc(C)c1C(=O)N1CC(C)CC(C)C1. The van der Waals surface area contributed by atoms with Crippen LogP contribution in [-0.2, 0) is 0 Å². The molecule has 1 aliphatic heterocycles. The van der Waals surface area contributed by atoms with Crippen LogP contribution < -0.4 is 5.63 Å².